The fraction of sp³-hybridized carbons (Fsp3) is 0.176. The summed E-state index contributed by atoms with van der Waals surface area (Å²) in [6, 6.07) is 50.9. The molecular formula is C51H46N2. The van der Waals surface area contributed by atoms with Crippen molar-refractivity contribution in [3.8, 4) is 22.3 Å². The number of rotatable bonds is 8. The van der Waals surface area contributed by atoms with Gasteiger partial charge >= 0.3 is 0 Å². The number of aromatic nitrogens is 1. The molecule has 0 fully saturated rings. The number of nitrogens with one attached hydrogen (secondary N) is 1. The Kier molecular flexibility index (Phi) is 8.27. The van der Waals surface area contributed by atoms with E-state index in [-0.39, 0.29) is 11.3 Å². The lowest BCUT2D eigenvalue weighted by atomic mass is 9.70. The number of hydrogen-bond donors (Lipinski definition) is 1. The van der Waals surface area contributed by atoms with Gasteiger partial charge in [0, 0.05) is 40.6 Å². The third-order valence-electron chi connectivity index (χ3n) is 11.8. The van der Waals surface area contributed by atoms with Gasteiger partial charge in [-0.1, -0.05) is 161 Å². The molecule has 2 atom stereocenters. The molecule has 2 heteroatoms. The summed E-state index contributed by atoms with van der Waals surface area (Å²) in [5, 5.41) is 7.61. The van der Waals surface area contributed by atoms with Crippen LogP contribution in [0, 0.1) is 5.92 Å². The Morgan fingerprint density at radius 2 is 1.47 bits per heavy atom. The van der Waals surface area contributed by atoms with Crippen molar-refractivity contribution in [2.24, 2.45) is 5.92 Å². The van der Waals surface area contributed by atoms with Gasteiger partial charge in [0.15, 0.2) is 0 Å². The molecule has 1 N–H and O–H groups in total. The van der Waals surface area contributed by atoms with Crippen LogP contribution in [0.1, 0.15) is 62.4 Å². The van der Waals surface area contributed by atoms with Crippen molar-refractivity contribution < 1.29 is 0 Å². The Labute approximate surface area is 313 Å². The molecule has 9 rings (SSSR count). The molecule has 1 aromatic heterocycles. The van der Waals surface area contributed by atoms with Gasteiger partial charge < -0.3 is 9.88 Å². The van der Waals surface area contributed by atoms with Gasteiger partial charge in [0.25, 0.3) is 0 Å². The quantitative estimate of drug-likeness (QED) is 0.168. The smallest absolute Gasteiger partial charge is 0.0576 e. The molecule has 0 radical (unpaired) electrons. The molecule has 1 aliphatic heterocycles. The number of nitrogens with zero attached hydrogens (tertiary/aromatic N) is 1. The highest BCUT2D eigenvalue weighted by Gasteiger charge is 2.40. The molecule has 2 heterocycles. The van der Waals surface area contributed by atoms with E-state index < -0.39 is 0 Å². The fourth-order valence-corrected chi connectivity index (χ4v) is 8.97. The van der Waals surface area contributed by atoms with Crippen LogP contribution in [0.5, 0.6) is 0 Å². The van der Waals surface area contributed by atoms with Gasteiger partial charge in [-0.25, -0.2) is 0 Å². The predicted molar refractivity (Wildman–Crippen MR) is 227 cm³/mol. The second-order valence-electron chi connectivity index (χ2n) is 15.4. The zero-order valence-electron chi connectivity index (χ0n) is 31.1. The Morgan fingerprint density at radius 1 is 0.755 bits per heavy atom. The molecule has 0 bridgehead atoms. The van der Waals surface area contributed by atoms with Crippen molar-refractivity contribution >= 4 is 39.1 Å². The monoisotopic (exact) mass is 686 g/mol. The number of anilines is 1. The van der Waals surface area contributed by atoms with Gasteiger partial charge in [-0.05, 0) is 92.1 Å². The van der Waals surface area contributed by atoms with E-state index in [0.717, 1.165) is 18.7 Å². The Morgan fingerprint density at radius 3 is 2.26 bits per heavy atom. The van der Waals surface area contributed by atoms with Crippen LogP contribution in [0.25, 0.3) is 55.7 Å². The second kappa shape index (κ2) is 13.3. The van der Waals surface area contributed by atoms with Crippen molar-refractivity contribution in [3.05, 3.63) is 186 Å². The maximum atomic E-state index is 3.70. The van der Waals surface area contributed by atoms with Gasteiger partial charge in [-0.2, -0.15) is 0 Å². The van der Waals surface area contributed by atoms with E-state index in [1.54, 1.807) is 0 Å². The molecule has 53 heavy (non-hydrogen) atoms. The number of allylic oxidation sites excluding steroid dienone is 4. The summed E-state index contributed by atoms with van der Waals surface area (Å²) in [5.41, 5.74) is 15.7. The average Bonchev–Trinajstić information content (AvgIpc) is 3.52. The molecular weight excluding hydrogens is 641 g/mol. The van der Waals surface area contributed by atoms with E-state index in [0.29, 0.717) is 5.92 Å². The SMILES string of the molecule is CC1CC=CC2=C1n1c(/C=C\CNc3ccc(-c4cccc5ccccc45)cc3)c(C(C)c3ccccc3)c3cc(-c4ccccc4)cc(c31)C2(C)C. The maximum absolute atomic E-state index is 3.70. The molecule has 2 aliphatic rings. The lowest BCUT2D eigenvalue weighted by Crippen LogP contribution is -2.30. The first-order valence-corrected chi connectivity index (χ1v) is 19.1. The molecule has 0 saturated heterocycles. The van der Waals surface area contributed by atoms with Crippen LogP contribution in [0.2, 0.25) is 0 Å². The number of hydrogen-bond acceptors (Lipinski definition) is 1. The van der Waals surface area contributed by atoms with Crippen LogP contribution < -0.4 is 5.32 Å². The zero-order valence-corrected chi connectivity index (χ0v) is 31.1. The van der Waals surface area contributed by atoms with E-state index >= 15 is 0 Å². The zero-order chi connectivity index (χ0) is 36.1. The van der Waals surface area contributed by atoms with Gasteiger partial charge in [0.1, 0.15) is 0 Å². The molecule has 6 aromatic carbocycles. The van der Waals surface area contributed by atoms with E-state index in [2.05, 4.69) is 201 Å². The Balaban J connectivity index is 1.15. The van der Waals surface area contributed by atoms with Crippen LogP contribution in [-0.4, -0.2) is 11.1 Å². The summed E-state index contributed by atoms with van der Waals surface area (Å²) >= 11 is 0. The molecule has 7 aromatic rings. The molecule has 0 amide bonds. The highest BCUT2D eigenvalue weighted by molar-refractivity contribution is 6.01. The summed E-state index contributed by atoms with van der Waals surface area (Å²) < 4.78 is 2.65. The second-order valence-corrected chi connectivity index (χ2v) is 15.4. The van der Waals surface area contributed by atoms with Crippen LogP contribution in [-0.2, 0) is 5.41 Å². The highest BCUT2D eigenvalue weighted by Crippen LogP contribution is 2.53. The van der Waals surface area contributed by atoms with Crippen molar-refractivity contribution in [1.82, 2.24) is 4.57 Å². The van der Waals surface area contributed by atoms with Gasteiger partial charge in [0.2, 0.25) is 0 Å². The maximum Gasteiger partial charge on any atom is 0.0576 e. The minimum Gasteiger partial charge on any atom is -0.382 e. The minimum atomic E-state index is -0.133. The third-order valence-corrected chi connectivity index (χ3v) is 11.8. The van der Waals surface area contributed by atoms with Crippen molar-refractivity contribution in [1.29, 1.82) is 0 Å². The first-order valence-electron chi connectivity index (χ1n) is 19.1. The normalized spacial score (nSPS) is 16.7. The van der Waals surface area contributed by atoms with Crippen molar-refractivity contribution in [3.63, 3.8) is 0 Å². The third kappa shape index (κ3) is 5.65. The summed E-state index contributed by atoms with van der Waals surface area (Å²) in [7, 11) is 0. The summed E-state index contributed by atoms with van der Waals surface area (Å²) in [4.78, 5) is 0. The van der Waals surface area contributed by atoms with E-state index in [1.807, 2.05) is 0 Å². The molecule has 0 spiro atoms. The molecule has 2 nitrogen and oxygen atoms in total. The van der Waals surface area contributed by atoms with Crippen molar-refractivity contribution in [2.75, 3.05) is 11.9 Å². The van der Waals surface area contributed by atoms with Crippen LogP contribution >= 0.6 is 0 Å². The predicted octanol–water partition coefficient (Wildman–Crippen LogP) is 13.5. The molecule has 0 saturated carbocycles. The molecule has 260 valence electrons. The number of fused-ring (bicyclic) bond motifs is 2. The lowest BCUT2D eigenvalue weighted by Gasteiger charge is -2.40. The van der Waals surface area contributed by atoms with Crippen molar-refractivity contribution in [2.45, 2.75) is 45.4 Å². The van der Waals surface area contributed by atoms with Gasteiger partial charge in [-0.15, -0.1) is 0 Å². The van der Waals surface area contributed by atoms with Crippen LogP contribution in [0.15, 0.2) is 163 Å². The average molecular weight is 687 g/mol. The van der Waals surface area contributed by atoms with E-state index in [1.165, 1.54) is 77.6 Å². The highest BCUT2D eigenvalue weighted by atomic mass is 15.0. The molecule has 1 aliphatic carbocycles. The van der Waals surface area contributed by atoms with Crippen LogP contribution in [0.3, 0.4) is 0 Å². The first kappa shape index (κ1) is 33.0. The van der Waals surface area contributed by atoms with Crippen LogP contribution in [0.4, 0.5) is 5.69 Å². The topological polar surface area (TPSA) is 17.0 Å². The Bertz CT molecular complexity index is 2560. The van der Waals surface area contributed by atoms with Gasteiger partial charge in [0.05, 0.1) is 11.2 Å². The summed E-state index contributed by atoms with van der Waals surface area (Å²) in [6.45, 7) is 10.4. The van der Waals surface area contributed by atoms with E-state index in [4.69, 9.17) is 0 Å². The summed E-state index contributed by atoms with van der Waals surface area (Å²) in [6.07, 6.45) is 10.6. The van der Waals surface area contributed by atoms with E-state index in [9.17, 15) is 0 Å². The standard InChI is InChI=1S/C51H46N2/c1-34-16-13-25-45-49(34)53-47(26-15-31-52-41-29-27-39(28-30-41)43-24-14-22-38-21-11-12-23-42(38)43)48(35(2)36-17-7-5-8-18-36)44-32-40(37-19-9-6-10-20-37)33-46(50(44)53)51(45,3)4/h5-15,17-30,32-35,52H,16,31H2,1-4H3/b26-15-. The first-order chi connectivity index (χ1) is 25.9. The van der Waals surface area contributed by atoms with Gasteiger partial charge in [-0.3, -0.25) is 0 Å². The minimum absolute atomic E-state index is 0.133. The number of benzene rings is 6. The largest absolute Gasteiger partial charge is 0.382 e. The lowest BCUT2D eigenvalue weighted by molar-refractivity contribution is 0.595. The Hall–Kier alpha value is -5.86. The molecule has 2 unspecified atom stereocenters. The fourth-order valence-electron chi connectivity index (χ4n) is 8.97. The summed E-state index contributed by atoms with van der Waals surface area (Å²) in [5.74, 6) is 0.616.